The van der Waals surface area contributed by atoms with Crippen LogP contribution in [0.5, 0.6) is 11.5 Å². The monoisotopic (exact) mass is 379 g/mol. The van der Waals surface area contributed by atoms with E-state index in [2.05, 4.69) is 20.9 Å². The zero-order valence-corrected chi connectivity index (χ0v) is 16.0. The molecule has 2 aromatic heterocycles. The van der Waals surface area contributed by atoms with Gasteiger partial charge in [0.2, 0.25) is 0 Å². The van der Waals surface area contributed by atoms with Crippen LogP contribution in [0.2, 0.25) is 0 Å². The Bertz CT molecular complexity index is 855. The molecular weight excluding hydrogens is 358 g/mol. The number of nitrogens with zero attached hydrogens (tertiary/aromatic N) is 3. The number of hydrogen-bond donors (Lipinski definition) is 0. The van der Waals surface area contributed by atoms with E-state index in [0.29, 0.717) is 0 Å². The molecule has 1 aliphatic heterocycles. The highest BCUT2D eigenvalue weighted by molar-refractivity contribution is 7.15. The second kappa shape index (κ2) is 7.54. The summed E-state index contributed by atoms with van der Waals surface area (Å²) in [5.74, 6) is 2.73. The molecule has 3 heterocycles. The van der Waals surface area contributed by atoms with E-state index in [9.17, 15) is 0 Å². The topological polar surface area (TPSA) is 39.0 Å². The van der Waals surface area contributed by atoms with Crippen molar-refractivity contribution in [3.63, 3.8) is 0 Å². The molecule has 5 nitrogen and oxygen atoms in total. The number of hydrogen-bond acceptors (Lipinski definition) is 5. The van der Waals surface area contributed by atoms with Crippen molar-refractivity contribution in [3.8, 4) is 22.8 Å². The predicted molar refractivity (Wildman–Crippen MR) is 105 cm³/mol. The summed E-state index contributed by atoms with van der Waals surface area (Å²) in [5.41, 5.74) is 2.10. The molecule has 7 heteroatoms. The molecule has 0 amide bonds. The third kappa shape index (κ3) is 3.28. The van der Waals surface area contributed by atoms with Gasteiger partial charge in [-0.15, -0.1) is 23.7 Å². The fourth-order valence-corrected chi connectivity index (χ4v) is 4.12. The van der Waals surface area contributed by atoms with Gasteiger partial charge in [-0.3, -0.25) is 4.40 Å². The van der Waals surface area contributed by atoms with Crippen molar-refractivity contribution in [3.05, 3.63) is 29.8 Å². The molecule has 1 saturated heterocycles. The van der Waals surface area contributed by atoms with Crippen LogP contribution in [0.25, 0.3) is 16.2 Å². The Morgan fingerprint density at radius 3 is 2.60 bits per heavy atom. The number of benzene rings is 1. The Kier molecular flexibility index (Phi) is 5.39. The number of piperidine rings is 1. The van der Waals surface area contributed by atoms with E-state index in [1.807, 2.05) is 18.2 Å². The molecule has 134 valence electrons. The predicted octanol–water partition coefficient (Wildman–Crippen LogP) is 4.49. The number of aromatic nitrogens is 2. The Morgan fingerprint density at radius 1 is 1.08 bits per heavy atom. The lowest BCUT2D eigenvalue weighted by atomic mass is 10.1. The smallest absolute Gasteiger partial charge is 0.196 e. The maximum Gasteiger partial charge on any atom is 0.196 e. The number of imidazole rings is 1. The summed E-state index contributed by atoms with van der Waals surface area (Å²) in [7, 11) is 3.38. The van der Waals surface area contributed by atoms with E-state index in [0.717, 1.165) is 46.6 Å². The number of rotatable bonds is 4. The van der Waals surface area contributed by atoms with Crippen molar-refractivity contribution in [2.75, 3.05) is 32.2 Å². The molecule has 1 aliphatic rings. The minimum absolute atomic E-state index is 0. The number of anilines is 1. The maximum absolute atomic E-state index is 5.55. The highest BCUT2D eigenvalue weighted by atomic mass is 35.5. The van der Waals surface area contributed by atoms with Gasteiger partial charge in [0, 0.05) is 24.0 Å². The molecule has 0 unspecified atom stereocenters. The molecule has 0 atom stereocenters. The zero-order valence-electron chi connectivity index (χ0n) is 14.4. The summed E-state index contributed by atoms with van der Waals surface area (Å²) in [6, 6.07) is 5.88. The second-order valence-electron chi connectivity index (χ2n) is 5.99. The Balaban J connectivity index is 0.00000182. The number of thiazole rings is 1. The molecule has 25 heavy (non-hydrogen) atoms. The van der Waals surface area contributed by atoms with Crippen molar-refractivity contribution < 1.29 is 9.47 Å². The Labute approximate surface area is 157 Å². The van der Waals surface area contributed by atoms with Crippen LogP contribution in [-0.2, 0) is 0 Å². The summed E-state index contributed by atoms with van der Waals surface area (Å²) in [4.78, 5) is 8.21. The normalized spacial score (nSPS) is 14.4. The molecule has 4 rings (SSSR count). The molecule has 3 aromatic rings. The largest absolute Gasteiger partial charge is 0.497 e. The van der Waals surface area contributed by atoms with Gasteiger partial charge in [0.15, 0.2) is 4.96 Å². The van der Waals surface area contributed by atoms with E-state index in [4.69, 9.17) is 14.5 Å². The van der Waals surface area contributed by atoms with Gasteiger partial charge in [-0.05, 0) is 37.5 Å². The van der Waals surface area contributed by atoms with E-state index in [1.165, 1.54) is 19.3 Å². The lowest BCUT2D eigenvalue weighted by Gasteiger charge is -2.26. The summed E-state index contributed by atoms with van der Waals surface area (Å²) in [5, 5.41) is 2.12. The lowest BCUT2D eigenvalue weighted by Crippen LogP contribution is -2.29. The van der Waals surface area contributed by atoms with Gasteiger partial charge in [-0.1, -0.05) is 0 Å². The number of methoxy groups -OCH3 is 2. The highest BCUT2D eigenvalue weighted by Gasteiger charge is 2.18. The van der Waals surface area contributed by atoms with E-state index >= 15 is 0 Å². The first-order valence-corrected chi connectivity index (χ1v) is 9.12. The fraction of sp³-hybridized carbons (Fsp3) is 0.389. The summed E-state index contributed by atoms with van der Waals surface area (Å²) >= 11 is 1.66. The quantitative estimate of drug-likeness (QED) is 0.669. The van der Waals surface area contributed by atoms with Crippen molar-refractivity contribution in [1.82, 2.24) is 9.38 Å². The first-order valence-electron chi connectivity index (χ1n) is 8.24. The fourth-order valence-electron chi connectivity index (χ4n) is 3.26. The Morgan fingerprint density at radius 2 is 1.88 bits per heavy atom. The summed E-state index contributed by atoms with van der Waals surface area (Å²) < 4.78 is 13.1. The minimum atomic E-state index is 0. The van der Waals surface area contributed by atoms with Gasteiger partial charge >= 0.3 is 0 Å². The minimum Gasteiger partial charge on any atom is -0.497 e. The molecule has 1 aromatic carbocycles. The zero-order chi connectivity index (χ0) is 16.5. The highest BCUT2D eigenvalue weighted by Crippen LogP contribution is 2.36. The standard InChI is InChI=1S/C18H21N3O2S.ClH/c1-22-13-6-7-16(23-2)14(10-13)15-12-24-18-19-17(11-21(15)18)20-8-4-3-5-9-20;/h6-7,10-12H,3-5,8-9H2,1-2H3;1H. The van der Waals surface area contributed by atoms with Crippen molar-refractivity contribution in [2.24, 2.45) is 0 Å². The van der Waals surface area contributed by atoms with E-state index in [1.54, 1.807) is 25.6 Å². The van der Waals surface area contributed by atoms with Gasteiger partial charge in [0.05, 0.1) is 26.1 Å². The number of halogens is 1. The van der Waals surface area contributed by atoms with Crippen LogP contribution < -0.4 is 14.4 Å². The Hall–Kier alpha value is -1.92. The van der Waals surface area contributed by atoms with Crippen molar-refractivity contribution >= 4 is 34.5 Å². The number of fused-ring (bicyclic) bond motifs is 1. The van der Waals surface area contributed by atoms with Gasteiger partial charge in [0.1, 0.15) is 17.3 Å². The number of ether oxygens (including phenoxy) is 2. The van der Waals surface area contributed by atoms with Crippen LogP contribution in [0.1, 0.15) is 19.3 Å². The van der Waals surface area contributed by atoms with Crippen LogP contribution in [0.4, 0.5) is 5.82 Å². The van der Waals surface area contributed by atoms with E-state index < -0.39 is 0 Å². The summed E-state index contributed by atoms with van der Waals surface area (Å²) in [6.07, 6.45) is 5.97. The van der Waals surface area contributed by atoms with Gasteiger partial charge in [0.25, 0.3) is 0 Å². The first-order chi connectivity index (χ1) is 11.8. The summed E-state index contributed by atoms with van der Waals surface area (Å²) in [6.45, 7) is 2.20. The molecule has 0 N–H and O–H groups in total. The molecule has 0 radical (unpaired) electrons. The van der Waals surface area contributed by atoms with E-state index in [-0.39, 0.29) is 12.4 Å². The van der Waals surface area contributed by atoms with Crippen LogP contribution in [0.3, 0.4) is 0 Å². The molecule has 0 saturated carbocycles. The van der Waals surface area contributed by atoms with Crippen LogP contribution in [0.15, 0.2) is 29.8 Å². The van der Waals surface area contributed by atoms with Crippen molar-refractivity contribution in [2.45, 2.75) is 19.3 Å². The SMILES string of the molecule is COc1ccc(OC)c(-c2csc3nc(N4CCCCC4)cn23)c1.Cl. The van der Waals surface area contributed by atoms with Gasteiger partial charge in [-0.25, -0.2) is 4.98 Å². The van der Waals surface area contributed by atoms with Gasteiger partial charge in [-0.2, -0.15) is 0 Å². The van der Waals surface area contributed by atoms with Crippen LogP contribution in [-0.4, -0.2) is 36.7 Å². The molecule has 1 fully saturated rings. The second-order valence-corrected chi connectivity index (χ2v) is 6.82. The third-order valence-corrected chi connectivity index (χ3v) is 5.40. The van der Waals surface area contributed by atoms with Crippen LogP contribution in [0, 0.1) is 0 Å². The molecular formula is C18H22ClN3O2S. The first kappa shape index (κ1) is 17.9. The molecule has 0 spiro atoms. The average molecular weight is 380 g/mol. The van der Waals surface area contributed by atoms with Crippen molar-refractivity contribution in [1.29, 1.82) is 0 Å². The average Bonchev–Trinajstić information content (AvgIpc) is 3.22. The van der Waals surface area contributed by atoms with Gasteiger partial charge < -0.3 is 14.4 Å². The molecule has 0 aliphatic carbocycles. The molecule has 0 bridgehead atoms. The maximum atomic E-state index is 5.55. The third-order valence-electron chi connectivity index (χ3n) is 4.56. The van der Waals surface area contributed by atoms with Crippen LogP contribution >= 0.6 is 23.7 Å². The lowest BCUT2D eigenvalue weighted by molar-refractivity contribution is 0.404.